The standard InChI is InChI=1S/C21H23NO2/c1-2-14-3-4-17-12-21(23)19(18(17)9-14)10-15-11-20(22-13-15)16-5-7-24-8-6-16/h3-4,9-10,13,16H,2,5-8,11-12H2,1H3/b19-10-. The molecule has 0 unspecified atom stereocenters. The van der Waals surface area contributed by atoms with Crippen LogP contribution in [0.25, 0.3) is 5.57 Å². The number of fused-ring (bicyclic) bond motifs is 1. The number of Topliss-reactive ketones (excluding diaryl/α,β-unsaturated/α-hetero) is 1. The fourth-order valence-corrected chi connectivity index (χ4v) is 3.85. The Bertz CT molecular complexity index is 764. The molecule has 0 bridgehead atoms. The fraction of sp³-hybridized carbons (Fsp3) is 0.429. The molecule has 3 nitrogen and oxygen atoms in total. The van der Waals surface area contributed by atoms with Crippen LogP contribution < -0.4 is 0 Å². The molecule has 3 heteroatoms. The van der Waals surface area contributed by atoms with Crippen LogP contribution in [0.4, 0.5) is 0 Å². The van der Waals surface area contributed by atoms with Gasteiger partial charge in [-0.15, -0.1) is 0 Å². The zero-order valence-corrected chi connectivity index (χ0v) is 14.2. The third-order valence-corrected chi connectivity index (χ3v) is 5.33. The number of hydrogen-bond donors (Lipinski definition) is 0. The summed E-state index contributed by atoms with van der Waals surface area (Å²) in [7, 11) is 0. The zero-order valence-electron chi connectivity index (χ0n) is 14.2. The van der Waals surface area contributed by atoms with Gasteiger partial charge in [0.25, 0.3) is 0 Å². The number of nitrogens with zero attached hydrogens (tertiary/aromatic N) is 1. The molecule has 2 heterocycles. The number of carbonyl (C=O) groups is 1. The predicted octanol–water partition coefficient (Wildman–Crippen LogP) is 3.91. The highest BCUT2D eigenvalue weighted by Gasteiger charge is 2.27. The first-order chi connectivity index (χ1) is 11.7. The molecule has 3 aliphatic rings. The van der Waals surface area contributed by atoms with E-state index in [1.807, 2.05) is 6.20 Å². The summed E-state index contributed by atoms with van der Waals surface area (Å²) in [5.41, 5.74) is 6.86. The molecular weight excluding hydrogens is 298 g/mol. The van der Waals surface area contributed by atoms with Crippen LogP contribution in [-0.4, -0.2) is 24.7 Å². The van der Waals surface area contributed by atoms with Gasteiger partial charge in [0.05, 0.1) is 0 Å². The van der Waals surface area contributed by atoms with Gasteiger partial charge in [0.15, 0.2) is 5.78 Å². The maximum Gasteiger partial charge on any atom is 0.167 e. The number of ether oxygens (including phenoxy) is 1. The van der Waals surface area contributed by atoms with Crippen molar-refractivity contribution in [3.05, 3.63) is 52.7 Å². The van der Waals surface area contributed by atoms with Crippen molar-refractivity contribution in [3.8, 4) is 0 Å². The highest BCUT2D eigenvalue weighted by molar-refractivity contribution is 6.26. The van der Waals surface area contributed by atoms with Gasteiger partial charge in [-0.1, -0.05) is 25.1 Å². The number of ketones is 1. The molecule has 0 radical (unpaired) electrons. The van der Waals surface area contributed by atoms with Gasteiger partial charge >= 0.3 is 0 Å². The maximum absolute atomic E-state index is 12.5. The van der Waals surface area contributed by atoms with Crippen molar-refractivity contribution in [1.29, 1.82) is 0 Å². The SMILES string of the molecule is CCc1ccc2c(c1)/C(=C/C1=CN=C(C3CCOCC3)C1)C(=O)C2. The Hall–Kier alpha value is -2.00. The molecule has 1 saturated heterocycles. The van der Waals surface area contributed by atoms with E-state index < -0.39 is 0 Å². The highest BCUT2D eigenvalue weighted by Crippen LogP contribution is 2.33. The molecule has 0 N–H and O–H groups in total. The monoisotopic (exact) mass is 321 g/mol. The maximum atomic E-state index is 12.5. The van der Waals surface area contributed by atoms with E-state index in [1.165, 1.54) is 11.3 Å². The molecule has 4 rings (SSSR count). The van der Waals surface area contributed by atoms with Gasteiger partial charge in [0, 0.05) is 49.5 Å². The minimum atomic E-state index is 0.235. The van der Waals surface area contributed by atoms with Crippen LogP contribution in [0.5, 0.6) is 0 Å². The summed E-state index contributed by atoms with van der Waals surface area (Å²) in [5.74, 6) is 0.780. The lowest BCUT2D eigenvalue weighted by Crippen LogP contribution is -2.22. The largest absolute Gasteiger partial charge is 0.381 e. The summed E-state index contributed by atoms with van der Waals surface area (Å²) < 4.78 is 5.44. The van der Waals surface area contributed by atoms with Crippen LogP contribution in [0.3, 0.4) is 0 Å². The van der Waals surface area contributed by atoms with Crippen molar-refractivity contribution < 1.29 is 9.53 Å². The number of aliphatic imine (C=N–C) groups is 1. The summed E-state index contributed by atoms with van der Waals surface area (Å²) in [6.07, 6.45) is 8.57. The number of allylic oxidation sites excluding steroid dienone is 3. The van der Waals surface area contributed by atoms with E-state index in [2.05, 4.69) is 36.2 Å². The zero-order chi connectivity index (χ0) is 16.5. The van der Waals surface area contributed by atoms with E-state index in [1.54, 1.807) is 0 Å². The highest BCUT2D eigenvalue weighted by atomic mass is 16.5. The van der Waals surface area contributed by atoms with Gasteiger partial charge in [-0.2, -0.15) is 0 Å². The van der Waals surface area contributed by atoms with E-state index in [9.17, 15) is 4.79 Å². The fourth-order valence-electron chi connectivity index (χ4n) is 3.85. The molecule has 0 amide bonds. The summed E-state index contributed by atoms with van der Waals surface area (Å²) in [6, 6.07) is 6.43. The molecule has 0 atom stereocenters. The van der Waals surface area contributed by atoms with Gasteiger partial charge in [0.2, 0.25) is 0 Å². The number of hydrogen-bond acceptors (Lipinski definition) is 3. The van der Waals surface area contributed by atoms with Gasteiger partial charge in [-0.25, -0.2) is 0 Å². The third kappa shape index (κ3) is 2.89. The smallest absolute Gasteiger partial charge is 0.167 e. The van der Waals surface area contributed by atoms with Gasteiger partial charge in [-0.3, -0.25) is 9.79 Å². The van der Waals surface area contributed by atoms with E-state index in [-0.39, 0.29) is 5.78 Å². The van der Waals surface area contributed by atoms with Crippen LogP contribution in [0.15, 0.2) is 41.0 Å². The van der Waals surface area contributed by atoms with Crippen LogP contribution in [0, 0.1) is 5.92 Å². The Morgan fingerprint density at radius 2 is 2.08 bits per heavy atom. The second-order valence-electron chi connectivity index (χ2n) is 6.89. The van der Waals surface area contributed by atoms with E-state index in [0.717, 1.165) is 61.2 Å². The Labute approximate surface area is 143 Å². The Kier molecular flexibility index (Phi) is 4.19. The first-order valence-corrected chi connectivity index (χ1v) is 8.95. The molecular formula is C21H23NO2. The summed E-state index contributed by atoms with van der Waals surface area (Å²) >= 11 is 0. The summed E-state index contributed by atoms with van der Waals surface area (Å²) in [4.78, 5) is 17.1. The average Bonchev–Trinajstić information content (AvgIpc) is 3.21. The molecule has 0 aromatic heterocycles. The minimum absolute atomic E-state index is 0.235. The molecule has 1 aliphatic carbocycles. The molecule has 24 heavy (non-hydrogen) atoms. The molecule has 0 spiro atoms. The summed E-state index contributed by atoms with van der Waals surface area (Å²) in [6.45, 7) is 3.83. The van der Waals surface area contributed by atoms with Crippen molar-refractivity contribution in [2.45, 2.75) is 39.0 Å². The second kappa shape index (κ2) is 6.48. The van der Waals surface area contributed by atoms with Crippen molar-refractivity contribution >= 4 is 17.1 Å². The lowest BCUT2D eigenvalue weighted by molar-refractivity contribution is -0.112. The van der Waals surface area contributed by atoms with Gasteiger partial charge in [-0.05, 0) is 47.6 Å². The number of aryl methyl sites for hydroxylation is 1. The first kappa shape index (κ1) is 15.5. The lowest BCUT2D eigenvalue weighted by Gasteiger charge is -2.22. The molecule has 1 fully saturated rings. The van der Waals surface area contributed by atoms with Crippen molar-refractivity contribution in [3.63, 3.8) is 0 Å². The van der Waals surface area contributed by atoms with E-state index in [4.69, 9.17) is 4.74 Å². The number of carbonyl (C=O) groups excluding carboxylic acids is 1. The number of benzene rings is 1. The predicted molar refractivity (Wildman–Crippen MR) is 96.2 cm³/mol. The minimum Gasteiger partial charge on any atom is -0.381 e. The Balaban J connectivity index is 1.54. The van der Waals surface area contributed by atoms with Crippen LogP contribution in [-0.2, 0) is 22.4 Å². The molecule has 0 saturated carbocycles. The topological polar surface area (TPSA) is 38.7 Å². The first-order valence-electron chi connectivity index (χ1n) is 8.95. The molecule has 1 aromatic carbocycles. The normalized spacial score (nSPS) is 22.7. The van der Waals surface area contributed by atoms with E-state index >= 15 is 0 Å². The third-order valence-electron chi connectivity index (χ3n) is 5.33. The quantitative estimate of drug-likeness (QED) is 0.792. The van der Waals surface area contributed by atoms with E-state index in [0.29, 0.717) is 12.3 Å². The molecule has 1 aromatic rings. The molecule has 2 aliphatic heterocycles. The number of rotatable bonds is 3. The lowest BCUT2D eigenvalue weighted by atomic mass is 9.91. The second-order valence-corrected chi connectivity index (χ2v) is 6.89. The van der Waals surface area contributed by atoms with Crippen LogP contribution >= 0.6 is 0 Å². The van der Waals surface area contributed by atoms with Gasteiger partial charge < -0.3 is 4.74 Å². The molecule has 124 valence electrons. The van der Waals surface area contributed by atoms with Crippen LogP contribution in [0.2, 0.25) is 0 Å². The van der Waals surface area contributed by atoms with Crippen molar-refractivity contribution in [2.75, 3.05) is 13.2 Å². The van der Waals surface area contributed by atoms with Crippen molar-refractivity contribution in [2.24, 2.45) is 10.9 Å². The Morgan fingerprint density at radius 3 is 2.88 bits per heavy atom. The average molecular weight is 321 g/mol. The van der Waals surface area contributed by atoms with Crippen molar-refractivity contribution in [1.82, 2.24) is 0 Å². The van der Waals surface area contributed by atoms with Gasteiger partial charge in [0.1, 0.15) is 0 Å². The van der Waals surface area contributed by atoms with Crippen LogP contribution in [0.1, 0.15) is 42.9 Å². The summed E-state index contributed by atoms with van der Waals surface area (Å²) in [5, 5.41) is 0. The Morgan fingerprint density at radius 1 is 1.25 bits per heavy atom.